The van der Waals surface area contributed by atoms with Gasteiger partial charge in [0.2, 0.25) is 5.91 Å². The number of nitrogens with zero attached hydrogens (tertiary/aromatic N) is 4. The van der Waals surface area contributed by atoms with Crippen LogP contribution in [0.5, 0.6) is 0 Å². The van der Waals surface area contributed by atoms with Crippen molar-refractivity contribution in [3.05, 3.63) is 57.4 Å². The Labute approximate surface area is 173 Å². The lowest BCUT2D eigenvalue weighted by Gasteiger charge is -2.23. The predicted molar refractivity (Wildman–Crippen MR) is 114 cm³/mol. The number of hydrogen-bond acceptors (Lipinski definition) is 5. The number of fused-ring (bicyclic) bond motifs is 1. The van der Waals surface area contributed by atoms with E-state index in [1.807, 2.05) is 37.3 Å². The zero-order chi connectivity index (χ0) is 21.1. The summed E-state index contributed by atoms with van der Waals surface area (Å²) in [7, 11) is 0. The Morgan fingerprint density at radius 1 is 1.10 bits per heavy atom. The number of hydrogen-bond donors (Lipinski definition) is 1. The molecule has 1 saturated carbocycles. The highest BCUT2D eigenvalue weighted by molar-refractivity contribution is 5.78. The van der Waals surface area contributed by atoms with E-state index in [1.165, 1.54) is 17.2 Å². The molecule has 1 aromatic carbocycles. The van der Waals surface area contributed by atoms with Gasteiger partial charge in [-0.05, 0) is 19.8 Å². The summed E-state index contributed by atoms with van der Waals surface area (Å²) in [5.74, 6) is 0.127. The van der Waals surface area contributed by atoms with Crippen LogP contribution < -0.4 is 16.6 Å². The van der Waals surface area contributed by atoms with Crippen molar-refractivity contribution in [3.8, 4) is 11.4 Å². The van der Waals surface area contributed by atoms with Crippen molar-refractivity contribution in [2.45, 2.75) is 58.2 Å². The molecule has 8 nitrogen and oxygen atoms in total. The van der Waals surface area contributed by atoms with Gasteiger partial charge in [-0.3, -0.25) is 18.7 Å². The fourth-order valence-corrected chi connectivity index (χ4v) is 4.01. The summed E-state index contributed by atoms with van der Waals surface area (Å²) in [5, 5.41) is 3.18. The first kappa shape index (κ1) is 20.0. The molecular weight excluding hydrogens is 382 g/mol. The number of benzene rings is 1. The maximum absolute atomic E-state index is 13.0. The largest absolute Gasteiger partial charge is 0.352 e. The molecule has 4 rings (SSSR count). The van der Waals surface area contributed by atoms with E-state index < -0.39 is 11.2 Å². The summed E-state index contributed by atoms with van der Waals surface area (Å²) in [4.78, 5) is 47.3. The minimum Gasteiger partial charge on any atom is -0.352 e. The second-order valence-electron chi connectivity index (χ2n) is 7.62. The Kier molecular flexibility index (Phi) is 5.74. The minimum atomic E-state index is -0.543. The molecule has 0 bridgehead atoms. The third kappa shape index (κ3) is 3.90. The number of aryl methyl sites for hydroxylation is 1. The van der Waals surface area contributed by atoms with E-state index in [4.69, 9.17) is 0 Å². The van der Waals surface area contributed by atoms with E-state index in [2.05, 4.69) is 15.3 Å². The number of aromatic nitrogens is 4. The fraction of sp³-hybridized carbons (Fsp3) is 0.409. The van der Waals surface area contributed by atoms with Crippen LogP contribution in [0, 0.1) is 0 Å². The lowest BCUT2D eigenvalue weighted by atomic mass is 9.95. The molecule has 3 aromatic rings. The van der Waals surface area contributed by atoms with Crippen LogP contribution in [0.25, 0.3) is 22.4 Å². The number of amides is 1. The number of nitrogens with one attached hydrogen (secondary N) is 1. The lowest BCUT2D eigenvalue weighted by Crippen LogP contribution is -2.46. The molecule has 0 saturated heterocycles. The molecule has 1 N–H and O–H groups in total. The highest BCUT2D eigenvalue weighted by atomic mass is 16.2. The Morgan fingerprint density at radius 3 is 2.53 bits per heavy atom. The van der Waals surface area contributed by atoms with Crippen LogP contribution >= 0.6 is 0 Å². The molecule has 2 aromatic heterocycles. The van der Waals surface area contributed by atoms with Gasteiger partial charge in [0, 0.05) is 24.3 Å². The monoisotopic (exact) mass is 407 g/mol. The zero-order valence-electron chi connectivity index (χ0n) is 17.0. The predicted octanol–water partition coefficient (Wildman–Crippen LogP) is 2.09. The van der Waals surface area contributed by atoms with Gasteiger partial charge in [0.1, 0.15) is 11.9 Å². The normalized spacial score (nSPS) is 14.7. The van der Waals surface area contributed by atoms with E-state index >= 15 is 0 Å². The van der Waals surface area contributed by atoms with Gasteiger partial charge in [0.25, 0.3) is 5.56 Å². The Balaban J connectivity index is 1.72. The molecule has 1 aliphatic rings. The topological polar surface area (TPSA) is 98.9 Å². The molecule has 30 heavy (non-hydrogen) atoms. The molecule has 0 radical (unpaired) electrons. The molecule has 1 aliphatic carbocycles. The van der Waals surface area contributed by atoms with Crippen LogP contribution in [0.3, 0.4) is 0 Å². The molecule has 156 valence electrons. The smallest absolute Gasteiger partial charge is 0.333 e. The average Bonchev–Trinajstić information content (AvgIpc) is 2.78. The summed E-state index contributed by atoms with van der Waals surface area (Å²) in [6, 6.07) is 9.49. The summed E-state index contributed by atoms with van der Waals surface area (Å²) in [5.41, 5.74) is 0.000411. The number of carbonyl (C=O) groups excluding carboxylic acids is 1. The zero-order valence-corrected chi connectivity index (χ0v) is 17.0. The van der Waals surface area contributed by atoms with Crippen LogP contribution in [-0.4, -0.2) is 31.1 Å². The Morgan fingerprint density at radius 2 is 1.83 bits per heavy atom. The van der Waals surface area contributed by atoms with Crippen molar-refractivity contribution in [2.75, 3.05) is 0 Å². The second kappa shape index (κ2) is 8.61. The molecule has 8 heteroatoms. The van der Waals surface area contributed by atoms with Gasteiger partial charge in [-0.15, -0.1) is 0 Å². The molecule has 0 atom stereocenters. The van der Waals surface area contributed by atoms with Gasteiger partial charge in [-0.25, -0.2) is 14.8 Å². The Bertz CT molecular complexity index is 1180. The molecular formula is C22H25N5O3. The second-order valence-corrected chi connectivity index (χ2v) is 7.62. The molecule has 0 unspecified atom stereocenters. The van der Waals surface area contributed by atoms with Crippen molar-refractivity contribution >= 4 is 16.9 Å². The van der Waals surface area contributed by atoms with E-state index in [-0.39, 0.29) is 29.5 Å². The third-order valence-electron chi connectivity index (χ3n) is 5.58. The maximum atomic E-state index is 13.0. The molecule has 1 amide bonds. The molecule has 1 fully saturated rings. The summed E-state index contributed by atoms with van der Waals surface area (Å²) >= 11 is 0. The molecule has 0 aliphatic heterocycles. The van der Waals surface area contributed by atoms with Gasteiger partial charge < -0.3 is 5.32 Å². The fourth-order valence-electron chi connectivity index (χ4n) is 4.01. The highest BCUT2D eigenvalue weighted by Crippen LogP contribution is 2.18. The van der Waals surface area contributed by atoms with Crippen molar-refractivity contribution in [1.82, 2.24) is 24.4 Å². The van der Waals surface area contributed by atoms with Crippen molar-refractivity contribution in [1.29, 1.82) is 0 Å². The lowest BCUT2D eigenvalue weighted by molar-refractivity contribution is -0.122. The average molecular weight is 407 g/mol. The van der Waals surface area contributed by atoms with Gasteiger partial charge in [0.05, 0.1) is 0 Å². The summed E-state index contributed by atoms with van der Waals surface area (Å²) in [6.45, 7) is 1.83. The van der Waals surface area contributed by atoms with E-state index in [0.29, 0.717) is 12.4 Å². The van der Waals surface area contributed by atoms with Crippen LogP contribution in [0.2, 0.25) is 0 Å². The first-order valence-electron chi connectivity index (χ1n) is 10.4. The van der Waals surface area contributed by atoms with Gasteiger partial charge in [-0.1, -0.05) is 49.6 Å². The van der Waals surface area contributed by atoms with Gasteiger partial charge in [-0.2, -0.15) is 0 Å². The highest BCUT2D eigenvalue weighted by Gasteiger charge is 2.20. The first-order valence-corrected chi connectivity index (χ1v) is 10.4. The van der Waals surface area contributed by atoms with Crippen molar-refractivity contribution in [3.63, 3.8) is 0 Å². The molecule has 0 spiro atoms. The van der Waals surface area contributed by atoms with Crippen LogP contribution in [0.1, 0.15) is 39.0 Å². The van der Waals surface area contributed by atoms with Crippen molar-refractivity contribution in [2.24, 2.45) is 0 Å². The van der Waals surface area contributed by atoms with Crippen LogP contribution in [-0.2, 0) is 17.9 Å². The Hall–Kier alpha value is -3.29. The van der Waals surface area contributed by atoms with E-state index in [0.717, 1.165) is 35.8 Å². The maximum Gasteiger partial charge on any atom is 0.333 e. The van der Waals surface area contributed by atoms with Gasteiger partial charge >= 0.3 is 5.69 Å². The first-order chi connectivity index (χ1) is 14.6. The number of carbonyl (C=O) groups is 1. The number of rotatable bonds is 5. The quantitative estimate of drug-likeness (QED) is 0.698. The SMILES string of the molecule is CCn1c(=O)n(CC(=O)NC2CCCCC2)c(=O)c2cnc(-c3ccccc3)nc21. The van der Waals surface area contributed by atoms with Crippen molar-refractivity contribution < 1.29 is 4.79 Å². The van der Waals surface area contributed by atoms with Gasteiger partial charge in [0.15, 0.2) is 11.5 Å². The van der Waals surface area contributed by atoms with E-state index in [9.17, 15) is 14.4 Å². The van der Waals surface area contributed by atoms with E-state index in [1.54, 1.807) is 0 Å². The minimum absolute atomic E-state index is 0.118. The summed E-state index contributed by atoms with van der Waals surface area (Å²) < 4.78 is 2.40. The third-order valence-corrected chi connectivity index (χ3v) is 5.58. The molecule has 2 heterocycles. The van der Waals surface area contributed by atoms with Crippen LogP contribution in [0.4, 0.5) is 0 Å². The van der Waals surface area contributed by atoms with Crippen LogP contribution in [0.15, 0.2) is 46.1 Å². The standard InChI is InChI=1S/C22H25N5O3/c1-2-26-20-17(13-23-19(25-20)15-9-5-3-6-10-15)21(29)27(22(26)30)14-18(28)24-16-11-7-4-8-12-16/h3,5-6,9-10,13,16H,2,4,7-8,11-12,14H2,1H3,(H,24,28). The summed E-state index contributed by atoms with van der Waals surface area (Å²) in [6.07, 6.45) is 6.67.